The molecule has 0 radical (unpaired) electrons. The number of rotatable bonds is 10. The van der Waals surface area contributed by atoms with Crippen molar-refractivity contribution in [1.82, 2.24) is 15.2 Å². The Labute approximate surface area is 366 Å². The second-order valence-electron chi connectivity index (χ2n) is 19.6. The number of carbonyl (C=O) groups is 4. The minimum Gasteiger partial charge on any atom is -0.456 e. The molecule has 5 aliphatic rings. The number of aliphatic hydroxyl groups excluding tert-OH is 1. The average Bonchev–Trinajstić information content (AvgIpc) is 3.59. The van der Waals surface area contributed by atoms with E-state index in [1.807, 2.05) is 25.9 Å². The number of aromatic nitrogens is 1. The number of fused-ring (bicyclic) bond motifs is 8. The molecule has 2 aromatic rings. The average molecular weight is 882 g/mol. The zero-order valence-electron chi connectivity index (χ0n) is 37.5. The Morgan fingerprint density at radius 2 is 1.75 bits per heavy atom. The number of hydrogen-bond acceptors (Lipinski definition) is 15. The van der Waals surface area contributed by atoms with Gasteiger partial charge in [0.15, 0.2) is 18.0 Å². The normalized spacial score (nSPS) is 34.1. The number of pyridine rings is 1. The molecule has 2 bridgehead atoms. The molecule has 2 aliphatic heterocycles. The van der Waals surface area contributed by atoms with Crippen LogP contribution in [0.25, 0.3) is 0 Å². The van der Waals surface area contributed by atoms with E-state index in [0.717, 1.165) is 6.07 Å². The van der Waals surface area contributed by atoms with E-state index in [-0.39, 0.29) is 12.2 Å². The second kappa shape index (κ2) is 16.8. The summed E-state index contributed by atoms with van der Waals surface area (Å²) in [5, 5.41) is 28.0. The molecular formula is C46H60FN3O13. The molecule has 17 heteroatoms. The van der Waals surface area contributed by atoms with Gasteiger partial charge >= 0.3 is 24.0 Å². The van der Waals surface area contributed by atoms with Gasteiger partial charge in [0.2, 0.25) is 0 Å². The van der Waals surface area contributed by atoms with Gasteiger partial charge < -0.3 is 53.6 Å². The summed E-state index contributed by atoms with van der Waals surface area (Å²) >= 11 is 0. The number of carbonyl (C=O) groups excluding carboxylic acids is 4. The van der Waals surface area contributed by atoms with Crippen molar-refractivity contribution in [2.75, 3.05) is 27.2 Å². The van der Waals surface area contributed by atoms with Crippen LogP contribution in [0.4, 0.5) is 9.18 Å². The van der Waals surface area contributed by atoms with Crippen LogP contribution in [0.2, 0.25) is 0 Å². The van der Waals surface area contributed by atoms with Crippen LogP contribution in [-0.4, -0.2) is 131 Å². The number of halogens is 1. The van der Waals surface area contributed by atoms with Crippen LogP contribution in [-0.2, 0) is 42.7 Å². The highest BCUT2D eigenvalue weighted by Gasteiger charge is 2.77. The summed E-state index contributed by atoms with van der Waals surface area (Å²) in [6.07, 6.45) is -7.45. The van der Waals surface area contributed by atoms with Gasteiger partial charge in [-0.3, -0.25) is 9.78 Å². The molecule has 4 fully saturated rings. The van der Waals surface area contributed by atoms with E-state index < -0.39 is 124 Å². The molecule has 7 rings (SSSR count). The SMILES string of the molecule is CC(=O)O[C@@]12CO[C@@H]1CC[C@]1(C)C2[C@H](OC(=O)c2ccccc2)[C@]2(O)C[C@H](OC(=O)[C@H](O)[C@@H](NC(=O)OC(C)(C)C)c3ncccc3F)C(C)=C([C@H]3O[C@@H](CN(C)C)O[C@H]31)C2(C)C. The number of amides is 1. The Kier molecular flexibility index (Phi) is 12.4. The monoisotopic (exact) mass is 881 g/mol. The maximum Gasteiger partial charge on any atom is 0.408 e. The summed E-state index contributed by atoms with van der Waals surface area (Å²) in [5.41, 5.74) is -6.14. The number of esters is 3. The van der Waals surface area contributed by atoms with E-state index in [0.29, 0.717) is 30.5 Å². The Morgan fingerprint density at radius 1 is 1.05 bits per heavy atom. The van der Waals surface area contributed by atoms with Gasteiger partial charge in [0.05, 0.1) is 24.2 Å². The Morgan fingerprint density at radius 3 is 2.35 bits per heavy atom. The summed E-state index contributed by atoms with van der Waals surface area (Å²) < 4.78 is 59.7. The minimum atomic E-state index is -2.24. The van der Waals surface area contributed by atoms with Crippen LogP contribution in [0.3, 0.4) is 0 Å². The van der Waals surface area contributed by atoms with Crippen molar-refractivity contribution in [1.29, 1.82) is 0 Å². The van der Waals surface area contributed by atoms with Gasteiger partial charge in [0.25, 0.3) is 0 Å². The van der Waals surface area contributed by atoms with Crippen LogP contribution in [0.15, 0.2) is 59.8 Å². The van der Waals surface area contributed by atoms with Crippen molar-refractivity contribution in [2.24, 2.45) is 16.7 Å². The lowest BCUT2D eigenvalue weighted by Crippen LogP contribution is -2.79. The van der Waals surface area contributed by atoms with Crippen LogP contribution < -0.4 is 5.32 Å². The summed E-state index contributed by atoms with van der Waals surface area (Å²) in [7, 11) is 3.75. The van der Waals surface area contributed by atoms with Crippen LogP contribution >= 0.6 is 0 Å². The van der Waals surface area contributed by atoms with Gasteiger partial charge in [-0.15, -0.1) is 0 Å². The zero-order valence-corrected chi connectivity index (χ0v) is 37.5. The number of aliphatic hydroxyl groups is 2. The fraction of sp³-hybridized carbons (Fsp3) is 0.630. The first-order chi connectivity index (χ1) is 29.4. The van der Waals surface area contributed by atoms with Crippen molar-refractivity contribution < 1.29 is 66.9 Å². The van der Waals surface area contributed by atoms with Crippen molar-refractivity contribution in [3.63, 3.8) is 0 Å². The molecule has 1 aromatic carbocycles. The first kappa shape index (κ1) is 46.5. The number of likely N-dealkylation sites (N-methyl/N-ethyl adjacent to an activating group) is 1. The predicted octanol–water partition coefficient (Wildman–Crippen LogP) is 4.56. The van der Waals surface area contributed by atoms with Crippen LogP contribution in [0, 0.1) is 22.6 Å². The fourth-order valence-electron chi connectivity index (χ4n) is 10.8. The van der Waals surface area contributed by atoms with E-state index in [1.54, 1.807) is 71.9 Å². The molecule has 344 valence electrons. The second-order valence-corrected chi connectivity index (χ2v) is 19.6. The molecule has 2 saturated heterocycles. The molecule has 3 N–H and O–H groups in total. The third-order valence-electron chi connectivity index (χ3n) is 13.6. The third-order valence-corrected chi connectivity index (χ3v) is 13.6. The van der Waals surface area contributed by atoms with Crippen molar-refractivity contribution in [3.8, 4) is 0 Å². The lowest BCUT2D eigenvalue weighted by molar-refractivity contribution is -0.345. The van der Waals surface area contributed by atoms with Gasteiger partial charge in [0, 0.05) is 36.9 Å². The Bertz CT molecular complexity index is 2130. The lowest BCUT2D eigenvalue weighted by Gasteiger charge is -2.68. The summed E-state index contributed by atoms with van der Waals surface area (Å²) in [6.45, 7) is 13.7. The van der Waals surface area contributed by atoms with Gasteiger partial charge in [-0.1, -0.05) is 39.0 Å². The van der Waals surface area contributed by atoms with Gasteiger partial charge in [-0.25, -0.2) is 18.8 Å². The van der Waals surface area contributed by atoms with Crippen molar-refractivity contribution in [2.45, 2.75) is 140 Å². The molecule has 1 aromatic heterocycles. The molecule has 1 amide bonds. The van der Waals surface area contributed by atoms with Gasteiger partial charge in [-0.2, -0.15) is 0 Å². The van der Waals surface area contributed by atoms with E-state index in [1.165, 1.54) is 19.2 Å². The number of hydrogen-bond donors (Lipinski definition) is 3. The molecule has 0 spiro atoms. The van der Waals surface area contributed by atoms with Crippen LogP contribution in [0.1, 0.15) is 96.7 Å². The Hall–Kier alpha value is -4.52. The number of alkyl carbamates (subject to hydrolysis) is 1. The molecule has 3 aliphatic carbocycles. The zero-order chi connectivity index (χ0) is 46.0. The topological polar surface area (TPSA) is 202 Å². The van der Waals surface area contributed by atoms with Crippen molar-refractivity contribution >= 4 is 24.0 Å². The third kappa shape index (κ3) is 8.25. The van der Waals surface area contributed by atoms with E-state index >= 15 is 4.39 Å². The highest BCUT2D eigenvalue weighted by Crippen LogP contribution is 2.66. The minimum absolute atomic E-state index is 0.0603. The lowest BCUT2D eigenvalue weighted by atomic mass is 9.45. The van der Waals surface area contributed by atoms with Crippen molar-refractivity contribution in [3.05, 3.63) is 76.9 Å². The molecule has 12 atom stereocenters. The van der Waals surface area contributed by atoms with Gasteiger partial charge in [0.1, 0.15) is 53.2 Å². The number of ether oxygens (including phenoxy) is 7. The van der Waals surface area contributed by atoms with E-state index in [9.17, 15) is 29.4 Å². The molecular weight excluding hydrogens is 822 g/mol. The molecule has 1 unspecified atom stereocenters. The molecule has 63 heavy (non-hydrogen) atoms. The smallest absolute Gasteiger partial charge is 0.408 e. The largest absolute Gasteiger partial charge is 0.456 e. The number of benzene rings is 1. The van der Waals surface area contributed by atoms with Gasteiger partial charge in [-0.05, 0) is 90.0 Å². The fourth-order valence-corrected chi connectivity index (χ4v) is 10.8. The molecule has 3 heterocycles. The standard InChI is InChI=1S/C46H60FN3O13/c1-24-28(58-40(54)34(52)33(32-27(47)17-14-20-48-32)49-41(55)63-42(3,4)5)21-46(56)38(61-39(53)26-15-12-11-13-16-26)36-44(8,19-18-29-45(36,23-57-29)62-25(2)51)37-35(31(24)43(46,6)7)59-30(60-37)22-50(9)10/h11-17,20,28-30,33-38,52,56H,18-19,21-23H2,1-10H3,(H,49,55)/t28-,29+,30+,33-,34+,35+,36?,37+,38-,44+,45-,46+/m0/s1. The first-order valence-corrected chi connectivity index (χ1v) is 21.4. The van der Waals surface area contributed by atoms with Crippen LogP contribution in [0.5, 0.6) is 0 Å². The molecule has 2 saturated carbocycles. The first-order valence-electron chi connectivity index (χ1n) is 21.4. The maximum absolute atomic E-state index is 15.3. The summed E-state index contributed by atoms with van der Waals surface area (Å²) in [4.78, 5) is 60.9. The quantitative estimate of drug-likeness (QED) is 0.170. The van der Waals surface area contributed by atoms with E-state index in [2.05, 4.69) is 10.3 Å². The summed E-state index contributed by atoms with van der Waals surface area (Å²) in [6, 6.07) is 8.88. The number of nitrogens with zero attached hydrogens (tertiary/aromatic N) is 2. The highest BCUT2D eigenvalue weighted by molar-refractivity contribution is 5.89. The Balaban J connectivity index is 1.38. The maximum atomic E-state index is 15.3. The highest BCUT2D eigenvalue weighted by atomic mass is 19.1. The molecule has 16 nitrogen and oxygen atoms in total. The summed E-state index contributed by atoms with van der Waals surface area (Å²) in [5.74, 6) is -4.55. The predicted molar refractivity (Wildman–Crippen MR) is 221 cm³/mol. The van der Waals surface area contributed by atoms with E-state index in [4.69, 9.17) is 33.2 Å². The number of nitrogens with one attached hydrogen (secondary N) is 1.